The van der Waals surface area contributed by atoms with E-state index in [-0.39, 0.29) is 6.61 Å². The molecule has 1 heterocycles. The number of hydrogen-bond acceptors (Lipinski definition) is 5. The number of aliphatic hydroxyl groups excluding tert-OH is 1. The van der Waals surface area contributed by atoms with Crippen LogP contribution >= 0.6 is 0 Å². The molecule has 1 N–H and O–H groups in total. The van der Waals surface area contributed by atoms with Gasteiger partial charge in [0.25, 0.3) is 0 Å². The van der Waals surface area contributed by atoms with Crippen LogP contribution in [0.3, 0.4) is 0 Å². The van der Waals surface area contributed by atoms with Gasteiger partial charge in [-0.2, -0.15) is 4.98 Å². The topological polar surface area (TPSA) is 62.4 Å². The molecule has 0 radical (unpaired) electrons. The Morgan fingerprint density at radius 2 is 2.25 bits per heavy atom. The molecule has 5 heteroatoms. The van der Waals surface area contributed by atoms with Crippen LogP contribution in [0.2, 0.25) is 0 Å². The summed E-state index contributed by atoms with van der Waals surface area (Å²) in [5.41, 5.74) is 0. The molecular formula is C11H19N3O2. The molecule has 0 aliphatic heterocycles. The zero-order valence-electron chi connectivity index (χ0n) is 9.72. The monoisotopic (exact) mass is 225 g/mol. The molecule has 0 amide bonds. The first-order valence-electron chi connectivity index (χ1n) is 5.99. The van der Waals surface area contributed by atoms with Crippen LogP contribution in [0.4, 0.5) is 0 Å². The molecule has 90 valence electrons. The van der Waals surface area contributed by atoms with Gasteiger partial charge in [0.15, 0.2) is 5.82 Å². The fourth-order valence-electron chi connectivity index (χ4n) is 1.76. The lowest BCUT2D eigenvalue weighted by Gasteiger charge is -2.17. The number of aliphatic hydroxyl groups is 1. The largest absolute Gasteiger partial charge is 0.395 e. The molecule has 2 rings (SSSR count). The van der Waals surface area contributed by atoms with E-state index in [1.54, 1.807) is 0 Å². The Morgan fingerprint density at radius 1 is 1.44 bits per heavy atom. The van der Waals surface area contributed by atoms with Gasteiger partial charge in [-0.25, -0.2) is 0 Å². The minimum absolute atomic E-state index is 0.174. The van der Waals surface area contributed by atoms with Gasteiger partial charge in [0.2, 0.25) is 5.89 Å². The fraction of sp³-hybridized carbons (Fsp3) is 0.818. The van der Waals surface area contributed by atoms with Crippen LogP contribution in [-0.4, -0.2) is 39.8 Å². The van der Waals surface area contributed by atoms with E-state index in [0.29, 0.717) is 19.0 Å². The summed E-state index contributed by atoms with van der Waals surface area (Å²) < 4.78 is 5.20. The summed E-state index contributed by atoms with van der Waals surface area (Å²) in [5.74, 6) is 2.04. The third kappa shape index (κ3) is 3.02. The molecule has 1 aromatic rings. The predicted octanol–water partition coefficient (Wildman–Crippen LogP) is 1.15. The number of nitrogens with zero attached hydrogens (tertiary/aromatic N) is 3. The molecule has 1 fully saturated rings. The van der Waals surface area contributed by atoms with E-state index in [1.807, 2.05) is 0 Å². The molecule has 16 heavy (non-hydrogen) atoms. The van der Waals surface area contributed by atoms with E-state index >= 15 is 0 Å². The van der Waals surface area contributed by atoms with Gasteiger partial charge in [0.05, 0.1) is 13.2 Å². The zero-order valence-corrected chi connectivity index (χ0v) is 9.72. The first kappa shape index (κ1) is 11.5. The second-order valence-electron chi connectivity index (χ2n) is 4.32. The summed E-state index contributed by atoms with van der Waals surface area (Å²) >= 11 is 0. The van der Waals surface area contributed by atoms with Crippen LogP contribution in [0.15, 0.2) is 4.52 Å². The Hall–Kier alpha value is -0.940. The molecule has 0 bridgehead atoms. The Kier molecular flexibility index (Phi) is 3.90. The lowest BCUT2D eigenvalue weighted by atomic mass is 10.4. The van der Waals surface area contributed by atoms with E-state index in [2.05, 4.69) is 22.0 Å². The smallest absolute Gasteiger partial charge is 0.229 e. The van der Waals surface area contributed by atoms with Crippen molar-refractivity contribution in [1.82, 2.24) is 15.0 Å². The first-order chi connectivity index (χ1) is 7.83. The van der Waals surface area contributed by atoms with Crippen LogP contribution in [0.5, 0.6) is 0 Å². The van der Waals surface area contributed by atoms with Crippen LogP contribution in [0.25, 0.3) is 0 Å². The number of hydrogen-bond donors (Lipinski definition) is 1. The number of rotatable bonds is 7. The molecular weight excluding hydrogens is 206 g/mol. The molecule has 1 aromatic heterocycles. The van der Waals surface area contributed by atoms with E-state index in [1.165, 1.54) is 12.8 Å². The molecule has 0 spiro atoms. The molecule has 1 saturated carbocycles. The SMILES string of the molecule is CCCN(CCO)Cc1noc(C2CC2)n1. The average molecular weight is 225 g/mol. The van der Waals surface area contributed by atoms with Gasteiger partial charge in [-0.3, -0.25) is 4.90 Å². The summed E-state index contributed by atoms with van der Waals surface area (Å²) in [5, 5.41) is 12.9. The second kappa shape index (κ2) is 5.41. The van der Waals surface area contributed by atoms with Crippen LogP contribution in [-0.2, 0) is 6.54 Å². The van der Waals surface area contributed by atoms with Gasteiger partial charge in [0, 0.05) is 12.5 Å². The summed E-state index contributed by atoms with van der Waals surface area (Å²) in [6.07, 6.45) is 3.42. The van der Waals surface area contributed by atoms with E-state index in [0.717, 1.165) is 24.7 Å². The summed E-state index contributed by atoms with van der Waals surface area (Å²) in [4.78, 5) is 6.52. The molecule has 1 aliphatic carbocycles. The van der Waals surface area contributed by atoms with E-state index < -0.39 is 0 Å². The third-order valence-corrected chi connectivity index (χ3v) is 2.73. The molecule has 0 atom stereocenters. The van der Waals surface area contributed by atoms with Crippen molar-refractivity contribution in [1.29, 1.82) is 0 Å². The van der Waals surface area contributed by atoms with Gasteiger partial charge in [-0.1, -0.05) is 12.1 Å². The lowest BCUT2D eigenvalue weighted by molar-refractivity contribution is 0.186. The van der Waals surface area contributed by atoms with Gasteiger partial charge in [0.1, 0.15) is 0 Å². The maximum Gasteiger partial charge on any atom is 0.229 e. The summed E-state index contributed by atoms with van der Waals surface area (Å²) in [7, 11) is 0. The van der Waals surface area contributed by atoms with E-state index in [9.17, 15) is 0 Å². The second-order valence-corrected chi connectivity index (χ2v) is 4.32. The fourth-order valence-corrected chi connectivity index (χ4v) is 1.76. The van der Waals surface area contributed by atoms with Gasteiger partial charge in [-0.05, 0) is 25.8 Å². The van der Waals surface area contributed by atoms with Gasteiger partial charge >= 0.3 is 0 Å². The highest BCUT2D eigenvalue weighted by Crippen LogP contribution is 2.38. The van der Waals surface area contributed by atoms with Crippen LogP contribution < -0.4 is 0 Å². The molecule has 1 aliphatic rings. The average Bonchev–Trinajstić information content (AvgIpc) is 3.01. The van der Waals surface area contributed by atoms with Crippen molar-refractivity contribution in [2.75, 3.05) is 19.7 Å². The first-order valence-corrected chi connectivity index (χ1v) is 5.99. The highest BCUT2D eigenvalue weighted by molar-refractivity contribution is 5.01. The standard InChI is InChI=1S/C11H19N3O2/c1-2-5-14(6-7-15)8-10-12-11(16-13-10)9-3-4-9/h9,15H,2-8H2,1H3. The molecule has 0 unspecified atom stereocenters. The normalized spacial score (nSPS) is 15.9. The maximum atomic E-state index is 8.94. The Balaban J connectivity index is 1.89. The van der Waals surface area contributed by atoms with E-state index in [4.69, 9.17) is 9.63 Å². The molecule has 0 saturated heterocycles. The van der Waals surface area contributed by atoms with Gasteiger partial charge < -0.3 is 9.63 Å². The Bertz CT molecular complexity index is 317. The minimum atomic E-state index is 0.174. The molecule has 0 aromatic carbocycles. The van der Waals surface area contributed by atoms with Gasteiger partial charge in [-0.15, -0.1) is 0 Å². The Morgan fingerprint density at radius 3 is 2.88 bits per heavy atom. The van der Waals surface area contributed by atoms with Crippen molar-refractivity contribution < 1.29 is 9.63 Å². The van der Waals surface area contributed by atoms with Crippen LogP contribution in [0.1, 0.15) is 43.8 Å². The van der Waals surface area contributed by atoms with Crippen molar-refractivity contribution in [3.63, 3.8) is 0 Å². The number of aromatic nitrogens is 2. The summed E-state index contributed by atoms with van der Waals surface area (Å²) in [6, 6.07) is 0. The highest BCUT2D eigenvalue weighted by atomic mass is 16.5. The van der Waals surface area contributed by atoms with Crippen molar-refractivity contribution in [3.05, 3.63) is 11.7 Å². The predicted molar refractivity (Wildman–Crippen MR) is 58.9 cm³/mol. The zero-order chi connectivity index (χ0) is 11.4. The third-order valence-electron chi connectivity index (χ3n) is 2.73. The summed E-state index contributed by atoms with van der Waals surface area (Å²) in [6.45, 7) is 4.59. The van der Waals surface area contributed by atoms with Crippen LogP contribution in [0, 0.1) is 0 Å². The lowest BCUT2D eigenvalue weighted by Crippen LogP contribution is -2.27. The maximum absolute atomic E-state index is 8.94. The highest BCUT2D eigenvalue weighted by Gasteiger charge is 2.29. The molecule has 5 nitrogen and oxygen atoms in total. The van der Waals surface area contributed by atoms with Crippen molar-refractivity contribution >= 4 is 0 Å². The minimum Gasteiger partial charge on any atom is -0.395 e. The van der Waals surface area contributed by atoms with Crippen molar-refractivity contribution in [2.45, 2.75) is 38.6 Å². The van der Waals surface area contributed by atoms with Crippen molar-refractivity contribution in [3.8, 4) is 0 Å². The van der Waals surface area contributed by atoms with Crippen molar-refractivity contribution in [2.24, 2.45) is 0 Å². The Labute approximate surface area is 95.4 Å². The quantitative estimate of drug-likeness (QED) is 0.754.